The van der Waals surface area contributed by atoms with Crippen molar-refractivity contribution in [2.45, 2.75) is 13.1 Å². The van der Waals surface area contributed by atoms with Gasteiger partial charge in [-0.1, -0.05) is 52.5 Å². The molecule has 0 spiro atoms. The van der Waals surface area contributed by atoms with Gasteiger partial charge in [-0.25, -0.2) is 0 Å². The number of hydrogen-bond donors (Lipinski definition) is 1. The minimum Gasteiger partial charge on any atom is -0.496 e. The van der Waals surface area contributed by atoms with Crippen LogP contribution in [0, 0.1) is 0 Å². The molecule has 0 bridgehead atoms. The van der Waals surface area contributed by atoms with Crippen molar-refractivity contribution in [3.8, 4) is 5.75 Å². The van der Waals surface area contributed by atoms with Gasteiger partial charge >= 0.3 is 0 Å². The number of nitrogens with one attached hydrogen (secondary N) is 1. The zero-order chi connectivity index (χ0) is 15.4. The molecule has 112 valence electrons. The highest BCUT2D eigenvalue weighted by Gasteiger charge is 2.11. The van der Waals surface area contributed by atoms with Gasteiger partial charge in [-0.15, -0.1) is 0 Å². The fourth-order valence-corrected chi connectivity index (χ4v) is 2.86. The number of halogens is 4. The van der Waals surface area contributed by atoms with Crippen LogP contribution in [-0.4, -0.2) is 7.11 Å². The molecule has 6 heteroatoms. The predicted octanol–water partition coefficient (Wildman–Crippen LogP) is 5.60. The van der Waals surface area contributed by atoms with Gasteiger partial charge in [-0.2, -0.15) is 0 Å². The van der Waals surface area contributed by atoms with Crippen LogP contribution >= 0.6 is 46.4 Å². The Morgan fingerprint density at radius 2 is 1.48 bits per heavy atom. The fraction of sp³-hybridized carbons (Fsp3) is 0.200. The van der Waals surface area contributed by atoms with Crippen LogP contribution in [0.4, 0.5) is 0 Å². The molecule has 2 aromatic rings. The van der Waals surface area contributed by atoms with Crippen molar-refractivity contribution in [2.24, 2.45) is 0 Å². The van der Waals surface area contributed by atoms with E-state index >= 15 is 0 Å². The monoisotopic (exact) mass is 363 g/mol. The summed E-state index contributed by atoms with van der Waals surface area (Å²) in [6.45, 7) is 1.01. The second kappa shape index (κ2) is 7.57. The van der Waals surface area contributed by atoms with E-state index in [2.05, 4.69) is 5.32 Å². The smallest absolute Gasteiger partial charge is 0.124 e. The van der Waals surface area contributed by atoms with Gasteiger partial charge in [0, 0.05) is 34.3 Å². The van der Waals surface area contributed by atoms with Gasteiger partial charge in [-0.05, 0) is 24.3 Å². The lowest BCUT2D eigenvalue weighted by atomic mass is 10.1. The zero-order valence-corrected chi connectivity index (χ0v) is 14.2. The van der Waals surface area contributed by atoms with Crippen molar-refractivity contribution in [3.63, 3.8) is 0 Å². The Kier molecular flexibility index (Phi) is 6.03. The molecular formula is C15H13Cl4NO. The third-order valence-electron chi connectivity index (χ3n) is 3.04. The Hall–Kier alpha value is -0.640. The summed E-state index contributed by atoms with van der Waals surface area (Å²) in [7, 11) is 1.61. The highest BCUT2D eigenvalue weighted by Crippen LogP contribution is 2.31. The summed E-state index contributed by atoms with van der Waals surface area (Å²) in [5.41, 5.74) is 1.65. The lowest BCUT2D eigenvalue weighted by molar-refractivity contribution is 0.407. The van der Waals surface area contributed by atoms with E-state index < -0.39 is 0 Å². The molecule has 0 radical (unpaired) electrons. The van der Waals surface area contributed by atoms with E-state index in [1.165, 1.54) is 0 Å². The van der Waals surface area contributed by atoms with Crippen molar-refractivity contribution in [3.05, 3.63) is 61.5 Å². The number of hydrogen-bond acceptors (Lipinski definition) is 2. The van der Waals surface area contributed by atoms with Crippen molar-refractivity contribution in [1.82, 2.24) is 5.32 Å². The first-order valence-corrected chi connectivity index (χ1v) is 7.70. The molecule has 0 saturated heterocycles. The van der Waals surface area contributed by atoms with Gasteiger partial charge in [0.1, 0.15) is 5.75 Å². The second-order valence-corrected chi connectivity index (χ2v) is 5.95. The Morgan fingerprint density at radius 1 is 0.857 bits per heavy atom. The number of benzene rings is 2. The second-order valence-electron chi connectivity index (χ2n) is 4.35. The summed E-state index contributed by atoms with van der Waals surface area (Å²) in [6.07, 6.45) is 0. The van der Waals surface area contributed by atoms with Gasteiger partial charge in [-0.3, -0.25) is 0 Å². The van der Waals surface area contributed by atoms with Crippen LogP contribution in [-0.2, 0) is 13.1 Å². The summed E-state index contributed by atoms with van der Waals surface area (Å²) in [5.74, 6) is 0.735. The molecule has 0 aliphatic carbocycles. The SMILES string of the molecule is COc1cccc(Cl)c1CNCc1c(Cl)ccc(Cl)c1Cl. The Bertz CT molecular complexity index is 646. The Balaban J connectivity index is 2.11. The third kappa shape index (κ3) is 3.97. The molecule has 0 amide bonds. The molecule has 21 heavy (non-hydrogen) atoms. The first kappa shape index (κ1) is 16.7. The Morgan fingerprint density at radius 3 is 2.19 bits per heavy atom. The Labute approximate surface area is 143 Å². The summed E-state index contributed by atoms with van der Waals surface area (Å²) >= 11 is 24.5. The molecule has 2 nitrogen and oxygen atoms in total. The summed E-state index contributed by atoms with van der Waals surface area (Å²) in [5, 5.41) is 5.41. The average Bonchev–Trinajstić information content (AvgIpc) is 2.48. The van der Waals surface area contributed by atoms with Crippen LogP contribution in [0.15, 0.2) is 30.3 Å². The van der Waals surface area contributed by atoms with Gasteiger partial charge in [0.15, 0.2) is 0 Å². The average molecular weight is 365 g/mol. The van der Waals surface area contributed by atoms with Crippen molar-refractivity contribution in [2.75, 3.05) is 7.11 Å². The normalized spacial score (nSPS) is 10.7. The van der Waals surface area contributed by atoms with Crippen LogP contribution in [0.3, 0.4) is 0 Å². The topological polar surface area (TPSA) is 21.3 Å². The van der Waals surface area contributed by atoms with E-state index in [0.717, 1.165) is 16.9 Å². The van der Waals surface area contributed by atoms with Crippen molar-refractivity contribution < 1.29 is 4.74 Å². The van der Waals surface area contributed by atoms with E-state index in [-0.39, 0.29) is 0 Å². The number of ether oxygens (including phenoxy) is 1. The van der Waals surface area contributed by atoms with Crippen LogP contribution in [0.2, 0.25) is 20.1 Å². The van der Waals surface area contributed by atoms with Crippen LogP contribution < -0.4 is 10.1 Å². The quantitative estimate of drug-likeness (QED) is 0.697. The molecule has 0 unspecified atom stereocenters. The molecule has 0 heterocycles. The maximum absolute atomic E-state index is 6.18. The molecule has 2 aromatic carbocycles. The largest absolute Gasteiger partial charge is 0.496 e. The highest BCUT2D eigenvalue weighted by atomic mass is 35.5. The molecule has 0 atom stereocenters. The zero-order valence-electron chi connectivity index (χ0n) is 11.2. The molecule has 0 fully saturated rings. The summed E-state index contributed by atoms with van der Waals surface area (Å²) in [4.78, 5) is 0. The maximum atomic E-state index is 6.18. The minimum atomic E-state index is 0.461. The van der Waals surface area contributed by atoms with E-state index in [9.17, 15) is 0 Å². The first-order chi connectivity index (χ1) is 10.0. The number of rotatable bonds is 5. The van der Waals surface area contributed by atoms with Crippen LogP contribution in [0.5, 0.6) is 5.75 Å². The van der Waals surface area contributed by atoms with Crippen molar-refractivity contribution in [1.29, 1.82) is 0 Å². The lowest BCUT2D eigenvalue weighted by Gasteiger charge is -2.13. The van der Waals surface area contributed by atoms with Gasteiger partial charge in [0.05, 0.1) is 17.2 Å². The third-order valence-corrected chi connectivity index (χ3v) is 4.59. The molecule has 0 aromatic heterocycles. The fourth-order valence-electron chi connectivity index (χ4n) is 1.95. The lowest BCUT2D eigenvalue weighted by Crippen LogP contribution is -2.14. The van der Waals surface area contributed by atoms with Gasteiger partial charge < -0.3 is 10.1 Å². The van der Waals surface area contributed by atoms with E-state index in [1.54, 1.807) is 19.2 Å². The van der Waals surface area contributed by atoms with E-state index in [1.807, 2.05) is 18.2 Å². The number of methoxy groups -OCH3 is 1. The van der Waals surface area contributed by atoms with Crippen molar-refractivity contribution >= 4 is 46.4 Å². The van der Waals surface area contributed by atoms with Crippen LogP contribution in [0.1, 0.15) is 11.1 Å². The minimum absolute atomic E-state index is 0.461. The highest BCUT2D eigenvalue weighted by molar-refractivity contribution is 6.44. The molecule has 1 N–H and O–H groups in total. The molecule has 0 aliphatic heterocycles. The molecule has 0 aliphatic rings. The maximum Gasteiger partial charge on any atom is 0.124 e. The summed E-state index contributed by atoms with van der Waals surface area (Å²) in [6, 6.07) is 8.92. The van der Waals surface area contributed by atoms with Gasteiger partial charge in [0.25, 0.3) is 0 Å². The van der Waals surface area contributed by atoms with Gasteiger partial charge in [0.2, 0.25) is 0 Å². The standard InChI is InChI=1S/C15H13Cl4NO/c1-21-14-4-2-3-11(16)9(14)7-20-8-10-12(17)5-6-13(18)15(10)19/h2-6,20H,7-8H2,1H3. The first-order valence-electron chi connectivity index (χ1n) is 6.19. The molecular weight excluding hydrogens is 352 g/mol. The van der Waals surface area contributed by atoms with Crippen LogP contribution in [0.25, 0.3) is 0 Å². The van der Waals surface area contributed by atoms with E-state index in [4.69, 9.17) is 51.1 Å². The molecule has 0 saturated carbocycles. The molecule has 2 rings (SSSR count). The predicted molar refractivity (Wildman–Crippen MR) is 90.0 cm³/mol. The van der Waals surface area contributed by atoms with E-state index in [0.29, 0.717) is 33.2 Å². The summed E-state index contributed by atoms with van der Waals surface area (Å²) < 4.78 is 5.30.